The van der Waals surface area contributed by atoms with Gasteiger partial charge in [0.05, 0.1) is 39.6 Å². The Morgan fingerprint density at radius 3 is 2.20 bits per heavy atom. The molecule has 0 saturated carbocycles. The zero-order valence-corrected chi connectivity index (χ0v) is 14.9. The van der Waals surface area contributed by atoms with E-state index in [9.17, 15) is 4.57 Å². The van der Waals surface area contributed by atoms with Crippen molar-refractivity contribution in [1.29, 1.82) is 0 Å². The first-order valence-corrected chi connectivity index (χ1v) is 10.9. The maximum Gasteiger partial charge on any atom is 0.389 e. The van der Waals surface area contributed by atoms with Gasteiger partial charge in [-0.3, -0.25) is 5.50 Å². The molecule has 0 heterocycles. The minimum Gasteiger partial charge on any atom is -0.378 e. The van der Waals surface area contributed by atoms with Crippen LogP contribution in [0.5, 0.6) is 0 Å². The summed E-state index contributed by atoms with van der Waals surface area (Å²) < 4.78 is 37.9. The molecule has 0 rings (SSSR count). The van der Waals surface area contributed by atoms with Gasteiger partial charge in [-0.15, -0.1) is 0 Å². The molecule has 0 aromatic carbocycles. The van der Waals surface area contributed by atoms with Gasteiger partial charge in [-0.05, 0) is 32.2 Å². The quantitative estimate of drug-likeness (QED) is 0.378. The molecule has 0 aliphatic carbocycles. The van der Waals surface area contributed by atoms with Crippen LogP contribution in [0, 0.1) is 0 Å². The lowest BCUT2D eigenvalue weighted by atomic mass is 10.7. The summed E-state index contributed by atoms with van der Waals surface area (Å²) in [6.07, 6.45) is 0. The highest BCUT2D eigenvalue weighted by atomic mass is 32.7. The van der Waals surface area contributed by atoms with E-state index in [0.29, 0.717) is 45.4 Å². The first-order valence-electron chi connectivity index (χ1n) is 6.50. The van der Waals surface area contributed by atoms with E-state index >= 15 is 0 Å². The molecule has 0 aliphatic heterocycles. The van der Waals surface area contributed by atoms with Crippen molar-refractivity contribution in [3.05, 3.63) is 0 Å². The van der Waals surface area contributed by atoms with Crippen LogP contribution in [-0.4, -0.2) is 45.4 Å². The zero-order valence-electron chi connectivity index (χ0n) is 12.3. The molecule has 0 amide bonds. The van der Waals surface area contributed by atoms with Crippen molar-refractivity contribution >= 4 is 26.7 Å². The molecule has 10 heteroatoms. The third-order valence-corrected chi connectivity index (χ3v) is 6.65. The lowest BCUT2D eigenvalue weighted by Gasteiger charge is -2.15. The van der Waals surface area contributed by atoms with Crippen molar-refractivity contribution in [3.8, 4) is 0 Å². The van der Waals surface area contributed by atoms with Crippen molar-refractivity contribution < 1.29 is 27.4 Å². The van der Waals surface area contributed by atoms with Crippen LogP contribution in [0.4, 0.5) is 0 Å². The third-order valence-electron chi connectivity index (χ3n) is 1.75. The Kier molecular flexibility index (Phi) is 14.0. The van der Waals surface area contributed by atoms with Crippen LogP contribution < -0.4 is 5.50 Å². The first kappa shape index (κ1) is 20.8. The van der Waals surface area contributed by atoms with Crippen LogP contribution >= 0.6 is 26.7 Å². The van der Waals surface area contributed by atoms with Gasteiger partial charge in [0.15, 0.2) is 0 Å². The van der Waals surface area contributed by atoms with E-state index in [0.717, 1.165) is 11.4 Å². The van der Waals surface area contributed by atoms with Crippen molar-refractivity contribution in [2.24, 2.45) is 5.50 Å². The number of nitrogens with two attached hydrogens (primary N) is 1. The fourth-order valence-electron chi connectivity index (χ4n) is 1.09. The summed E-state index contributed by atoms with van der Waals surface area (Å²) in [6.45, 7) is 4.86. The Labute approximate surface area is 126 Å². The monoisotopic (exact) mass is 349 g/mol. The summed E-state index contributed by atoms with van der Waals surface area (Å²) in [5, 5.41) is 0. The third kappa shape index (κ3) is 11.4. The minimum atomic E-state index is -3.03. The zero-order chi connectivity index (χ0) is 15.3. The second-order valence-corrected chi connectivity index (χ2v) is 8.55. The molecule has 7 nitrogen and oxygen atoms in total. The molecule has 122 valence electrons. The lowest BCUT2D eigenvalue weighted by Crippen LogP contribution is -2.07. The van der Waals surface area contributed by atoms with E-state index in [1.807, 2.05) is 6.92 Å². The van der Waals surface area contributed by atoms with Gasteiger partial charge < -0.3 is 22.8 Å². The topological polar surface area (TPSA) is 89.2 Å². The van der Waals surface area contributed by atoms with Gasteiger partial charge in [0, 0.05) is 5.75 Å². The molecule has 0 bridgehead atoms. The molecule has 0 fully saturated rings. The van der Waals surface area contributed by atoms with Gasteiger partial charge in [0.25, 0.3) is 8.53 Å². The summed E-state index contributed by atoms with van der Waals surface area (Å²) >= 11 is 1.15. The first-order chi connectivity index (χ1) is 9.58. The van der Waals surface area contributed by atoms with Gasteiger partial charge in [-0.2, -0.15) is 0 Å². The highest BCUT2D eigenvalue weighted by Gasteiger charge is 2.23. The van der Waals surface area contributed by atoms with Crippen LogP contribution in [0.3, 0.4) is 0 Å². The average Bonchev–Trinajstić information content (AvgIpc) is 2.38. The summed E-state index contributed by atoms with van der Waals surface area (Å²) in [7, 11) is -1.30. The van der Waals surface area contributed by atoms with Crippen LogP contribution in [0.1, 0.15) is 20.8 Å². The maximum absolute atomic E-state index is 12.1. The molecular weight excluding hydrogens is 324 g/mol. The number of rotatable bonds is 14. The second kappa shape index (κ2) is 13.4. The minimum absolute atomic E-state index is 0.358. The Hall–Kier alpha value is 0.770. The fourth-order valence-corrected chi connectivity index (χ4v) is 4.92. The molecule has 0 aliphatic rings. The van der Waals surface area contributed by atoms with Crippen molar-refractivity contribution in [2.75, 3.05) is 45.4 Å². The van der Waals surface area contributed by atoms with Gasteiger partial charge in [-0.25, -0.2) is 4.57 Å². The Morgan fingerprint density at radius 2 is 1.65 bits per heavy atom. The molecule has 0 aromatic heterocycles. The average molecular weight is 349 g/mol. The highest BCUT2D eigenvalue weighted by molar-refractivity contribution is 8.55. The summed E-state index contributed by atoms with van der Waals surface area (Å²) in [6, 6.07) is 0. The van der Waals surface area contributed by atoms with Gasteiger partial charge in [0.1, 0.15) is 0 Å². The molecule has 1 atom stereocenters. The predicted molar refractivity (Wildman–Crippen MR) is 82.8 cm³/mol. The Bertz CT molecular complexity index is 264. The van der Waals surface area contributed by atoms with Crippen LogP contribution in [0.25, 0.3) is 0 Å². The van der Waals surface area contributed by atoms with Gasteiger partial charge in [-0.1, -0.05) is 0 Å². The Morgan fingerprint density at radius 1 is 1.00 bits per heavy atom. The predicted octanol–water partition coefficient (Wildman–Crippen LogP) is 3.16. The molecule has 0 aromatic rings. The fraction of sp³-hybridized carbons (Fsp3) is 1.00. The molecule has 2 N–H and O–H groups in total. The SMILES string of the molecule is CCOP(N)OCCOCCSP(=O)(OCC)OCC. The van der Waals surface area contributed by atoms with Crippen molar-refractivity contribution in [3.63, 3.8) is 0 Å². The standard InChI is InChI=1S/C10H25NO6P2S/c1-4-14-18(11)15-8-7-13-9-10-20-19(12,16-5-2)17-6-3/h4-11H2,1-3H3. The van der Waals surface area contributed by atoms with E-state index < -0.39 is 15.3 Å². The van der Waals surface area contributed by atoms with E-state index in [1.165, 1.54) is 0 Å². The summed E-state index contributed by atoms with van der Waals surface area (Å²) in [5.74, 6) is 0.528. The normalized spacial score (nSPS) is 13.6. The maximum atomic E-state index is 12.1. The number of hydrogen-bond donors (Lipinski definition) is 1. The molecule has 0 radical (unpaired) electrons. The molecule has 20 heavy (non-hydrogen) atoms. The van der Waals surface area contributed by atoms with Crippen LogP contribution in [0.2, 0.25) is 0 Å². The smallest absolute Gasteiger partial charge is 0.378 e. The molecular formula is C10H25NO6P2S. The molecule has 0 saturated heterocycles. The van der Waals surface area contributed by atoms with Gasteiger partial charge >= 0.3 is 6.80 Å². The molecule has 0 spiro atoms. The summed E-state index contributed by atoms with van der Waals surface area (Å²) in [5.41, 5.74) is 5.54. The Balaban J connectivity index is 3.57. The lowest BCUT2D eigenvalue weighted by molar-refractivity contribution is 0.109. The largest absolute Gasteiger partial charge is 0.389 e. The highest BCUT2D eigenvalue weighted by Crippen LogP contribution is 2.60. The van der Waals surface area contributed by atoms with Crippen LogP contribution in [0.15, 0.2) is 0 Å². The van der Waals surface area contributed by atoms with E-state index in [-0.39, 0.29) is 0 Å². The van der Waals surface area contributed by atoms with Gasteiger partial charge in [0.2, 0.25) is 0 Å². The van der Waals surface area contributed by atoms with E-state index in [1.54, 1.807) is 13.8 Å². The second-order valence-electron chi connectivity index (χ2n) is 3.26. The van der Waals surface area contributed by atoms with E-state index in [4.69, 9.17) is 28.3 Å². The van der Waals surface area contributed by atoms with Crippen molar-refractivity contribution in [2.45, 2.75) is 20.8 Å². The van der Waals surface area contributed by atoms with Crippen molar-refractivity contribution in [1.82, 2.24) is 0 Å². The number of hydrogen-bond acceptors (Lipinski definition) is 8. The molecule has 1 unspecified atom stereocenters. The summed E-state index contributed by atoms with van der Waals surface area (Å²) in [4.78, 5) is 0. The van der Waals surface area contributed by atoms with E-state index in [2.05, 4.69) is 0 Å². The number of ether oxygens (including phenoxy) is 1. The van der Waals surface area contributed by atoms with Crippen LogP contribution in [-0.2, 0) is 27.4 Å².